The van der Waals surface area contributed by atoms with E-state index in [9.17, 15) is 8.42 Å². The fourth-order valence-electron chi connectivity index (χ4n) is 5.00. The molecule has 2 fully saturated rings. The number of hydrogen-bond donors (Lipinski definition) is 1. The van der Waals surface area contributed by atoms with Crippen LogP contribution >= 0.6 is 15.9 Å². The summed E-state index contributed by atoms with van der Waals surface area (Å²) in [6.45, 7) is 2.45. The molecule has 3 aromatic heterocycles. The van der Waals surface area contributed by atoms with Gasteiger partial charge in [-0.25, -0.2) is 4.98 Å². The lowest BCUT2D eigenvalue weighted by Gasteiger charge is -2.36. The Morgan fingerprint density at radius 3 is 2.60 bits per heavy atom. The molecular formula is C23H25BrN8O2S. The summed E-state index contributed by atoms with van der Waals surface area (Å²) in [4.78, 5) is 11.7. The molecule has 182 valence electrons. The van der Waals surface area contributed by atoms with Crippen LogP contribution in [0.25, 0.3) is 27.7 Å². The number of benzene rings is 1. The zero-order valence-electron chi connectivity index (χ0n) is 19.2. The summed E-state index contributed by atoms with van der Waals surface area (Å²) in [5, 5.41) is 5.52. The quantitative estimate of drug-likeness (QED) is 0.412. The molecule has 5 heterocycles. The van der Waals surface area contributed by atoms with Crippen LogP contribution in [0.2, 0.25) is 0 Å². The number of piperidine rings is 1. The second-order valence-corrected chi connectivity index (χ2v) is 11.8. The molecule has 0 amide bonds. The van der Waals surface area contributed by atoms with Crippen molar-refractivity contribution >= 4 is 54.3 Å². The molecule has 6 rings (SSSR count). The number of hydrogen-bond acceptors (Lipinski definition) is 7. The number of pyridine rings is 1. The van der Waals surface area contributed by atoms with E-state index >= 15 is 0 Å². The number of anilines is 2. The standard InChI is InChI=1S/C23H25BrN8O2S/c1-29-10-11-31(35(29,33)34)17-6-8-30(9-7-17)23-20(24)21(25)32-22(28-23)18(14-27-32)16-12-15-4-2-3-5-19(15)26-13-16/h2-5,12-14,17H,6-11,25H2,1H3. The zero-order chi connectivity index (χ0) is 24.3. The van der Waals surface area contributed by atoms with E-state index in [1.165, 1.54) is 4.31 Å². The molecule has 0 spiro atoms. The average Bonchev–Trinajstić information content (AvgIpc) is 3.41. The third-order valence-corrected chi connectivity index (χ3v) is 9.81. The highest BCUT2D eigenvalue weighted by Gasteiger charge is 2.40. The van der Waals surface area contributed by atoms with Gasteiger partial charge in [-0.2, -0.15) is 26.6 Å². The van der Waals surface area contributed by atoms with Crippen LogP contribution in [-0.4, -0.2) is 75.9 Å². The highest BCUT2D eigenvalue weighted by atomic mass is 79.9. The zero-order valence-corrected chi connectivity index (χ0v) is 21.6. The number of para-hydroxylation sites is 1. The van der Waals surface area contributed by atoms with E-state index in [4.69, 9.17) is 10.7 Å². The van der Waals surface area contributed by atoms with Gasteiger partial charge in [0.1, 0.15) is 16.1 Å². The van der Waals surface area contributed by atoms with Crippen molar-refractivity contribution in [3.63, 3.8) is 0 Å². The summed E-state index contributed by atoms with van der Waals surface area (Å²) in [5.41, 5.74) is 9.82. The van der Waals surface area contributed by atoms with Gasteiger partial charge in [0.25, 0.3) is 10.2 Å². The molecule has 4 aromatic rings. The van der Waals surface area contributed by atoms with Gasteiger partial charge in [-0.3, -0.25) is 4.98 Å². The second-order valence-electron chi connectivity index (χ2n) is 9.00. The van der Waals surface area contributed by atoms with Crippen molar-refractivity contribution in [3.8, 4) is 11.1 Å². The van der Waals surface area contributed by atoms with Gasteiger partial charge in [0.2, 0.25) is 0 Å². The van der Waals surface area contributed by atoms with Gasteiger partial charge in [0.15, 0.2) is 5.65 Å². The molecule has 0 unspecified atom stereocenters. The van der Waals surface area contributed by atoms with Crippen LogP contribution in [0, 0.1) is 0 Å². The molecule has 2 aliphatic heterocycles. The Bertz CT molecular complexity index is 1550. The maximum absolute atomic E-state index is 12.6. The minimum Gasteiger partial charge on any atom is -0.383 e. The van der Waals surface area contributed by atoms with E-state index in [1.54, 1.807) is 22.1 Å². The lowest BCUT2D eigenvalue weighted by Crippen LogP contribution is -2.46. The lowest BCUT2D eigenvalue weighted by atomic mass is 10.0. The van der Waals surface area contributed by atoms with E-state index in [0.29, 0.717) is 42.1 Å². The first-order chi connectivity index (χ1) is 16.8. The van der Waals surface area contributed by atoms with Crippen LogP contribution in [0.15, 0.2) is 47.2 Å². The minimum atomic E-state index is -3.35. The van der Waals surface area contributed by atoms with Gasteiger partial charge < -0.3 is 10.6 Å². The summed E-state index contributed by atoms with van der Waals surface area (Å²) in [6.07, 6.45) is 5.06. The van der Waals surface area contributed by atoms with Crippen molar-refractivity contribution in [2.45, 2.75) is 18.9 Å². The minimum absolute atomic E-state index is 0.00439. The highest BCUT2D eigenvalue weighted by molar-refractivity contribution is 9.10. The molecule has 12 heteroatoms. The predicted octanol–water partition coefficient (Wildman–Crippen LogP) is 2.75. The van der Waals surface area contributed by atoms with E-state index in [0.717, 1.165) is 40.7 Å². The Hall–Kier alpha value is -2.80. The van der Waals surface area contributed by atoms with Gasteiger partial charge in [-0.1, -0.05) is 18.2 Å². The van der Waals surface area contributed by atoms with Crippen LogP contribution < -0.4 is 10.6 Å². The normalized spacial score (nSPS) is 19.8. The number of aromatic nitrogens is 4. The first-order valence-electron chi connectivity index (χ1n) is 11.5. The van der Waals surface area contributed by atoms with Crippen molar-refractivity contribution in [1.82, 2.24) is 28.2 Å². The largest absolute Gasteiger partial charge is 0.383 e. The molecule has 2 N–H and O–H groups in total. The Labute approximate surface area is 211 Å². The molecule has 0 radical (unpaired) electrons. The van der Waals surface area contributed by atoms with Crippen LogP contribution in [0.3, 0.4) is 0 Å². The number of nitrogens with two attached hydrogens (primary N) is 1. The topological polar surface area (TPSA) is 113 Å². The van der Waals surface area contributed by atoms with Gasteiger partial charge in [0.05, 0.1) is 11.7 Å². The lowest BCUT2D eigenvalue weighted by molar-refractivity contribution is 0.294. The molecule has 0 bridgehead atoms. The third kappa shape index (κ3) is 3.66. The average molecular weight is 557 g/mol. The second kappa shape index (κ2) is 8.40. The van der Waals surface area contributed by atoms with Crippen LogP contribution in [0.5, 0.6) is 0 Å². The number of likely N-dealkylation sites (N-methyl/N-ethyl adjacent to an activating group) is 1. The summed E-state index contributed by atoms with van der Waals surface area (Å²) < 4.78 is 30.6. The van der Waals surface area contributed by atoms with Crippen LogP contribution in [-0.2, 0) is 10.2 Å². The molecule has 0 aliphatic carbocycles. The number of halogens is 1. The molecule has 1 aromatic carbocycles. The molecule has 2 aliphatic rings. The van der Waals surface area contributed by atoms with Crippen LogP contribution in [0.1, 0.15) is 12.8 Å². The molecule has 0 atom stereocenters. The Morgan fingerprint density at radius 2 is 1.86 bits per heavy atom. The third-order valence-electron chi connectivity index (χ3n) is 7.00. The number of nitrogens with zero attached hydrogens (tertiary/aromatic N) is 7. The fourth-order valence-corrected chi connectivity index (χ4v) is 7.08. The Balaban J connectivity index is 1.33. The molecule has 0 saturated carbocycles. The molecule has 35 heavy (non-hydrogen) atoms. The van der Waals surface area contributed by atoms with Gasteiger partial charge >= 0.3 is 0 Å². The van der Waals surface area contributed by atoms with Crippen molar-refractivity contribution in [1.29, 1.82) is 0 Å². The summed E-state index contributed by atoms with van der Waals surface area (Å²) >= 11 is 3.63. The number of fused-ring (bicyclic) bond motifs is 2. The first kappa shape index (κ1) is 22.7. The maximum atomic E-state index is 12.6. The molecular weight excluding hydrogens is 532 g/mol. The highest BCUT2D eigenvalue weighted by Crippen LogP contribution is 2.36. The van der Waals surface area contributed by atoms with E-state index in [1.807, 2.05) is 30.5 Å². The van der Waals surface area contributed by atoms with Gasteiger partial charge in [-0.15, -0.1) is 0 Å². The monoisotopic (exact) mass is 556 g/mol. The Kier molecular flexibility index (Phi) is 5.44. The van der Waals surface area contributed by atoms with Gasteiger partial charge in [0, 0.05) is 62.0 Å². The van der Waals surface area contributed by atoms with Crippen LogP contribution in [0.4, 0.5) is 11.6 Å². The summed E-state index contributed by atoms with van der Waals surface area (Å²) in [6, 6.07) is 10.0. The maximum Gasteiger partial charge on any atom is 0.282 e. The smallest absolute Gasteiger partial charge is 0.282 e. The fraction of sp³-hybridized carbons (Fsp3) is 0.348. The number of rotatable bonds is 3. The van der Waals surface area contributed by atoms with Crippen molar-refractivity contribution < 1.29 is 8.42 Å². The van der Waals surface area contributed by atoms with E-state index < -0.39 is 10.2 Å². The van der Waals surface area contributed by atoms with Crippen molar-refractivity contribution in [2.24, 2.45) is 0 Å². The van der Waals surface area contributed by atoms with Crippen molar-refractivity contribution in [2.75, 3.05) is 43.9 Å². The summed E-state index contributed by atoms with van der Waals surface area (Å²) in [5.74, 6) is 1.21. The SMILES string of the molecule is CN1CCN(C2CCN(c3nc4c(-c5cnc6ccccc6c5)cnn4c(N)c3Br)CC2)S1(=O)=O. The summed E-state index contributed by atoms with van der Waals surface area (Å²) in [7, 11) is -1.71. The van der Waals surface area contributed by atoms with Crippen molar-refractivity contribution in [3.05, 3.63) is 47.2 Å². The molecule has 2 saturated heterocycles. The molecule has 10 nitrogen and oxygen atoms in total. The van der Waals surface area contributed by atoms with E-state index in [-0.39, 0.29) is 6.04 Å². The van der Waals surface area contributed by atoms with E-state index in [2.05, 4.69) is 37.0 Å². The number of nitrogen functional groups attached to an aromatic ring is 1. The predicted molar refractivity (Wildman–Crippen MR) is 139 cm³/mol. The Morgan fingerprint density at radius 1 is 1.09 bits per heavy atom. The van der Waals surface area contributed by atoms with Gasteiger partial charge in [-0.05, 0) is 40.9 Å². The first-order valence-corrected chi connectivity index (χ1v) is 13.7.